The first-order chi connectivity index (χ1) is 11.3. The van der Waals surface area contributed by atoms with Gasteiger partial charge in [-0.2, -0.15) is 0 Å². The van der Waals surface area contributed by atoms with Gasteiger partial charge in [-0.05, 0) is 62.5 Å². The van der Waals surface area contributed by atoms with E-state index in [1.54, 1.807) is 14.2 Å². The van der Waals surface area contributed by atoms with E-state index in [9.17, 15) is 0 Å². The standard InChI is InChI=1S/C19H30N2O2/c1-22-18-12-17(13-19(14-18)23-2)16-6-9-21(15-16)11-10-20-7-4-3-5-8-20/h12-14,16H,3-11,15H2,1-2H3/t16-/m1/s1. The zero-order chi connectivity index (χ0) is 16.1. The third kappa shape index (κ3) is 4.39. The van der Waals surface area contributed by atoms with Gasteiger partial charge in [-0.3, -0.25) is 0 Å². The molecule has 0 radical (unpaired) electrons. The van der Waals surface area contributed by atoms with Crippen molar-refractivity contribution in [3.05, 3.63) is 23.8 Å². The molecule has 1 aromatic carbocycles. The number of benzene rings is 1. The van der Waals surface area contributed by atoms with Crippen LogP contribution in [0.1, 0.15) is 37.2 Å². The second kappa shape index (κ2) is 8.02. The molecule has 0 N–H and O–H groups in total. The fourth-order valence-electron chi connectivity index (χ4n) is 3.84. The van der Waals surface area contributed by atoms with Gasteiger partial charge in [0.1, 0.15) is 11.5 Å². The van der Waals surface area contributed by atoms with E-state index < -0.39 is 0 Å². The van der Waals surface area contributed by atoms with Crippen molar-refractivity contribution in [2.24, 2.45) is 0 Å². The second-order valence-electron chi connectivity index (χ2n) is 6.83. The van der Waals surface area contributed by atoms with Crippen LogP contribution in [0.15, 0.2) is 18.2 Å². The summed E-state index contributed by atoms with van der Waals surface area (Å²) in [5, 5.41) is 0. The molecule has 2 aliphatic heterocycles. The van der Waals surface area contributed by atoms with Gasteiger partial charge in [0.05, 0.1) is 14.2 Å². The molecule has 0 aromatic heterocycles. The number of rotatable bonds is 6. The fourth-order valence-corrected chi connectivity index (χ4v) is 3.84. The molecule has 0 unspecified atom stereocenters. The van der Waals surface area contributed by atoms with Crippen molar-refractivity contribution in [1.82, 2.24) is 9.80 Å². The van der Waals surface area contributed by atoms with Crippen molar-refractivity contribution in [2.45, 2.75) is 31.6 Å². The highest BCUT2D eigenvalue weighted by atomic mass is 16.5. The van der Waals surface area contributed by atoms with E-state index in [1.807, 2.05) is 6.07 Å². The van der Waals surface area contributed by atoms with Crippen molar-refractivity contribution < 1.29 is 9.47 Å². The Morgan fingerprint density at radius 3 is 2.17 bits per heavy atom. The zero-order valence-electron chi connectivity index (χ0n) is 14.6. The van der Waals surface area contributed by atoms with E-state index in [2.05, 4.69) is 21.9 Å². The first kappa shape index (κ1) is 16.6. The number of likely N-dealkylation sites (tertiary alicyclic amines) is 2. The molecule has 2 aliphatic rings. The van der Waals surface area contributed by atoms with Crippen molar-refractivity contribution in [2.75, 3.05) is 53.5 Å². The monoisotopic (exact) mass is 318 g/mol. The van der Waals surface area contributed by atoms with Gasteiger partial charge < -0.3 is 19.3 Å². The summed E-state index contributed by atoms with van der Waals surface area (Å²) in [5.41, 5.74) is 1.35. The molecule has 2 saturated heterocycles. The van der Waals surface area contributed by atoms with Crippen molar-refractivity contribution in [1.29, 1.82) is 0 Å². The SMILES string of the molecule is COc1cc(OC)cc([C@@H]2CCN(CCN3CCCCC3)C2)c1. The van der Waals surface area contributed by atoms with Crippen LogP contribution in [0, 0.1) is 0 Å². The van der Waals surface area contributed by atoms with Crippen LogP contribution in [0.2, 0.25) is 0 Å². The summed E-state index contributed by atoms with van der Waals surface area (Å²) in [6, 6.07) is 6.29. The summed E-state index contributed by atoms with van der Waals surface area (Å²) in [5.74, 6) is 2.39. The van der Waals surface area contributed by atoms with Crippen LogP contribution >= 0.6 is 0 Å². The third-order valence-corrected chi connectivity index (χ3v) is 5.30. The lowest BCUT2D eigenvalue weighted by atomic mass is 9.98. The fraction of sp³-hybridized carbons (Fsp3) is 0.684. The van der Waals surface area contributed by atoms with E-state index in [0.29, 0.717) is 5.92 Å². The first-order valence-electron chi connectivity index (χ1n) is 8.96. The minimum atomic E-state index is 0.598. The summed E-state index contributed by atoms with van der Waals surface area (Å²) < 4.78 is 10.8. The Morgan fingerprint density at radius 2 is 1.52 bits per heavy atom. The molecule has 2 heterocycles. The number of piperidine rings is 1. The van der Waals surface area contributed by atoms with Crippen LogP contribution in [0.4, 0.5) is 0 Å². The minimum absolute atomic E-state index is 0.598. The molecule has 3 rings (SSSR count). The molecule has 0 bridgehead atoms. The molecule has 4 nitrogen and oxygen atoms in total. The molecule has 1 atom stereocenters. The van der Waals surface area contributed by atoms with Gasteiger partial charge in [0.25, 0.3) is 0 Å². The van der Waals surface area contributed by atoms with Gasteiger partial charge in [-0.1, -0.05) is 6.42 Å². The average molecular weight is 318 g/mol. The summed E-state index contributed by atoms with van der Waals surface area (Å²) >= 11 is 0. The Bertz CT molecular complexity index is 478. The Morgan fingerprint density at radius 1 is 0.870 bits per heavy atom. The Hall–Kier alpha value is -1.26. The highest BCUT2D eigenvalue weighted by Gasteiger charge is 2.25. The molecular weight excluding hydrogens is 288 g/mol. The Balaban J connectivity index is 1.54. The van der Waals surface area contributed by atoms with Crippen molar-refractivity contribution in [3.63, 3.8) is 0 Å². The van der Waals surface area contributed by atoms with Crippen LogP contribution in [0.5, 0.6) is 11.5 Å². The van der Waals surface area contributed by atoms with E-state index in [-0.39, 0.29) is 0 Å². The van der Waals surface area contributed by atoms with Gasteiger partial charge in [-0.15, -0.1) is 0 Å². The van der Waals surface area contributed by atoms with Crippen LogP contribution in [-0.4, -0.2) is 63.3 Å². The maximum atomic E-state index is 5.41. The predicted octanol–water partition coefficient (Wildman–Crippen LogP) is 2.98. The van der Waals surface area contributed by atoms with Crippen molar-refractivity contribution >= 4 is 0 Å². The van der Waals surface area contributed by atoms with E-state index in [0.717, 1.165) is 18.0 Å². The van der Waals surface area contributed by atoms with Crippen LogP contribution in [0.3, 0.4) is 0 Å². The molecule has 1 aromatic rings. The number of hydrogen-bond acceptors (Lipinski definition) is 4. The van der Waals surface area contributed by atoms with Crippen LogP contribution < -0.4 is 9.47 Å². The van der Waals surface area contributed by atoms with E-state index >= 15 is 0 Å². The maximum absolute atomic E-state index is 5.41. The quantitative estimate of drug-likeness (QED) is 0.805. The number of methoxy groups -OCH3 is 2. The molecule has 2 fully saturated rings. The van der Waals surface area contributed by atoms with Gasteiger partial charge in [-0.25, -0.2) is 0 Å². The van der Waals surface area contributed by atoms with E-state index in [4.69, 9.17) is 9.47 Å². The number of ether oxygens (including phenoxy) is 2. The third-order valence-electron chi connectivity index (χ3n) is 5.30. The molecule has 4 heteroatoms. The molecule has 0 amide bonds. The maximum Gasteiger partial charge on any atom is 0.122 e. The largest absolute Gasteiger partial charge is 0.497 e. The minimum Gasteiger partial charge on any atom is -0.497 e. The Kier molecular flexibility index (Phi) is 5.79. The molecular formula is C19H30N2O2. The predicted molar refractivity (Wildman–Crippen MR) is 93.6 cm³/mol. The first-order valence-corrected chi connectivity index (χ1v) is 8.96. The smallest absolute Gasteiger partial charge is 0.122 e. The van der Waals surface area contributed by atoms with Crippen LogP contribution in [0.25, 0.3) is 0 Å². The average Bonchev–Trinajstić information content (AvgIpc) is 3.09. The highest BCUT2D eigenvalue weighted by Crippen LogP contribution is 2.32. The zero-order valence-corrected chi connectivity index (χ0v) is 14.6. The molecule has 0 aliphatic carbocycles. The lowest BCUT2D eigenvalue weighted by Gasteiger charge is -2.28. The van der Waals surface area contributed by atoms with Crippen LogP contribution in [-0.2, 0) is 0 Å². The molecule has 0 saturated carbocycles. The molecule has 128 valence electrons. The topological polar surface area (TPSA) is 24.9 Å². The number of hydrogen-bond donors (Lipinski definition) is 0. The summed E-state index contributed by atoms with van der Waals surface area (Å²) in [7, 11) is 3.44. The Labute approximate surface area is 140 Å². The highest BCUT2D eigenvalue weighted by molar-refractivity contribution is 5.40. The summed E-state index contributed by atoms with van der Waals surface area (Å²) in [4.78, 5) is 5.25. The lowest BCUT2D eigenvalue weighted by Crippen LogP contribution is -2.37. The molecule has 23 heavy (non-hydrogen) atoms. The van der Waals surface area contributed by atoms with Gasteiger partial charge >= 0.3 is 0 Å². The van der Waals surface area contributed by atoms with Gasteiger partial charge in [0.15, 0.2) is 0 Å². The van der Waals surface area contributed by atoms with E-state index in [1.165, 1.54) is 64.0 Å². The van der Waals surface area contributed by atoms with Gasteiger partial charge in [0.2, 0.25) is 0 Å². The summed E-state index contributed by atoms with van der Waals surface area (Å²) in [6.45, 7) is 7.39. The molecule has 0 spiro atoms. The summed E-state index contributed by atoms with van der Waals surface area (Å²) in [6.07, 6.45) is 5.41. The normalized spacial score (nSPS) is 23.1. The second-order valence-corrected chi connectivity index (χ2v) is 6.83. The van der Waals surface area contributed by atoms with Crippen molar-refractivity contribution in [3.8, 4) is 11.5 Å². The lowest BCUT2D eigenvalue weighted by molar-refractivity contribution is 0.195. The van der Waals surface area contributed by atoms with Gasteiger partial charge in [0, 0.05) is 25.7 Å². The number of nitrogens with zero attached hydrogens (tertiary/aromatic N) is 2.